The van der Waals surface area contributed by atoms with E-state index in [1.165, 1.54) is 6.42 Å². The summed E-state index contributed by atoms with van der Waals surface area (Å²) in [6.45, 7) is 5.99. The van der Waals surface area contributed by atoms with Crippen LogP contribution in [0.15, 0.2) is 18.2 Å². The van der Waals surface area contributed by atoms with Crippen LogP contribution in [0.25, 0.3) is 0 Å². The van der Waals surface area contributed by atoms with E-state index >= 15 is 0 Å². The van der Waals surface area contributed by atoms with Crippen molar-refractivity contribution in [1.29, 1.82) is 0 Å². The summed E-state index contributed by atoms with van der Waals surface area (Å²) in [6, 6.07) is 5.34. The van der Waals surface area contributed by atoms with Crippen LogP contribution in [0, 0.1) is 5.92 Å². The van der Waals surface area contributed by atoms with Gasteiger partial charge in [-0.3, -0.25) is 4.79 Å². The van der Waals surface area contributed by atoms with Gasteiger partial charge in [-0.05, 0) is 63.9 Å². The zero-order chi connectivity index (χ0) is 15.2. The van der Waals surface area contributed by atoms with Gasteiger partial charge in [0.2, 0.25) is 5.91 Å². The maximum absolute atomic E-state index is 11.9. The first kappa shape index (κ1) is 16.1. The highest BCUT2D eigenvalue weighted by atomic mass is 35.5. The van der Waals surface area contributed by atoms with Crippen molar-refractivity contribution in [3.05, 3.63) is 23.2 Å². The minimum Gasteiger partial charge on any atom is -0.489 e. The number of amides is 1. The van der Waals surface area contributed by atoms with Crippen LogP contribution < -0.4 is 15.4 Å². The number of ether oxygens (including phenoxy) is 1. The van der Waals surface area contributed by atoms with Gasteiger partial charge in [-0.2, -0.15) is 0 Å². The molecule has 1 amide bonds. The maximum Gasteiger partial charge on any atom is 0.224 e. The Labute approximate surface area is 131 Å². The largest absolute Gasteiger partial charge is 0.489 e. The quantitative estimate of drug-likeness (QED) is 0.846. The summed E-state index contributed by atoms with van der Waals surface area (Å²) >= 11 is 6.15. The molecule has 1 unspecified atom stereocenters. The van der Waals surface area contributed by atoms with Crippen LogP contribution in [0.5, 0.6) is 5.75 Å². The van der Waals surface area contributed by atoms with E-state index in [9.17, 15) is 4.79 Å². The van der Waals surface area contributed by atoms with Crippen molar-refractivity contribution in [3.8, 4) is 5.75 Å². The Morgan fingerprint density at radius 3 is 2.95 bits per heavy atom. The fraction of sp³-hybridized carbons (Fsp3) is 0.562. The Kier molecular flexibility index (Phi) is 5.88. The lowest BCUT2D eigenvalue weighted by Gasteiger charge is -2.13. The molecule has 21 heavy (non-hydrogen) atoms. The SMILES string of the molecule is CC(C)Oc1ccc(NC(=O)CCC2CCNC2)cc1Cl. The summed E-state index contributed by atoms with van der Waals surface area (Å²) in [5, 5.41) is 6.72. The van der Waals surface area contributed by atoms with E-state index in [4.69, 9.17) is 16.3 Å². The third-order valence-corrected chi connectivity index (χ3v) is 3.82. The summed E-state index contributed by atoms with van der Waals surface area (Å²) in [7, 11) is 0. The average molecular weight is 311 g/mol. The molecule has 1 atom stereocenters. The average Bonchev–Trinajstić information content (AvgIpc) is 2.92. The van der Waals surface area contributed by atoms with E-state index in [-0.39, 0.29) is 12.0 Å². The van der Waals surface area contributed by atoms with Crippen molar-refractivity contribution < 1.29 is 9.53 Å². The van der Waals surface area contributed by atoms with Crippen LogP contribution in [-0.2, 0) is 4.79 Å². The molecule has 1 aromatic carbocycles. The van der Waals surface area contributed by atoms with Crippen LogP contribution in [0.1, 0.15) is 33.1 Å². The Hall–Kier alpha value is -1.26. The molecule has 2 N–H and O–H groups in total. The normalized spacial score (nSPS) is 18.0. The van der Waals surface area contributed by atoms with E-state index in [1.807, 2.05) is 19.9 Å². The predicted octanol–water partition coefficient (Wildman–Crippen LogP) is 3.46. The second-order valence-corrected chi connectivity index (χ2v) is 6.16. The third kappa shape index (κ3) is 5.21. The van der Waals surface area contributed by atoms with E-state index in [2.05, 4.69) is 10.6 Å². The first-order valence-electron chi connectivity index (χ1n) is 7.51. The Morgan fingerprint density at radius 1 is 1.52 bits per heavy atom. The number of carbonyl (C=O) groups excluding carboxylic acids is 1. The summed E-state index contributed by atoms with van der Waals surface area (Å²) in [5.74, 6) is 1.30. The van der Waals surface area contributed by atoms with Crippen LogP contribution in [0.3, 0.4) is 0 Å². The lowest BCUT2D eigenvalue weighted by atomic mass is 10.0. The van der Waals surface area contributed by atoms with Crippen molar-refractivity contribution in [2.75, 3.05) is 18.4 Å². The van der Waals surface area contributed by atoms with Crippen LogP contribution >= 0.6 is 11.6 Å². The molecule has 0 radical (unpaired) electrons. The minimum absolute atomic E-state index is 0.0375. The molecule has 0 aliphatic carbocycles. The molecule has 0 saturated carbocycles. The smallest absolute Gasteiger partial charge is 0.224 e. The number of nitrogens with one attached hydrogen (secondary N) is 2. The first-order valence-corrected chi connectivity index (χ1v) is 7.89. The molecule has 1 saturated heterocycles. The van der Waals surface area contributed by atoms with Crippen molar-refractivity contribution in [2.45, 2.75) is 39.2 Å². The van der Waals surface area contributed by atoms with Gasteiger partial charge in [0.05, 0.1) is 11.1 Å². The number of benzene rings is 1. The molecule has 1 fully saturated rings. The van der Waals surface area contributed by atoms with E-state index in [1.54, 1.807) is 12.1 Å². The highest BCUT2D eigenvalue weighted by Crippen LogP contribution is 2.28. The number of hydrogen-bond acceptors (Lipinski definition) is 3. The number of hydrogen-bond donors (Lipinski definition) is 2. The third-order valence-electron chi connectivity index (χ3n) is 3.52. The van der Waals surface area contributed by atoms with Crippen LogP contribution in [0.4, 0.5) is 5.69 Å². The van der Waals surface area contributed by atoms with Gasteiger partial charge >= 0.3 is 0 Å². The molecule has 116 valence electrons. The fourth-order valence-corrected chi connectivity index (χ4v) is 2.67. The predicted molar refractivity (Wildman–Crippen MR) is 86.1 cm³/mol. The molecule has 0 aromatic heterocycles. The Bertz CT molecular complexity index is 485. The highest BCUT2D eigenvalue weighted by Gasteiger charge is 2.16. The van der Waals surface area contributed by atoms with E-state index in [0.717, 1.165) is 19.5 Å². The number of rotatable bonds is 6. The molecule has 0 spiro atoms. The summed E-state index contributed by atoms with van der Waals surface area (Å²) in [4.78, 5) is 11.9. The highest BCUT2D eigenvalue weighted by molar-refractivity contribution is 6.32. The van der Waals surface area contributed by atoms with E-state index in [0.29, 0.717) is 28.8 Å². The molecule has 1 aliphatic rings. The van der Waals surface area contributed by atoms with Crippen LogP contribution in [-0.4, -0.2) is 25.1 Å². The number of carbonyl (C=O) groups is 1. The lowest BCUT2D eigenvalue weighted by Crippen LogP contribution is -2.15. The van der Waals surface area contributed by atoms with Crippen molar-refractivity contribution in [1.82, 2.24) is 5.32 Å². The molecule has 4 nitrogen and oxygen atoms in total. The Morgan fingerprint density at radius 2 is 2.33 bits per heavy atom. The summed E-state index contributed by atoms with van der Waals surface area (Å²) in [6.07, 6.45) is 2.72. The van der Waals surface area contributed by atoms with Gasteiger partial charge in [0.15, 0.2) is 0 Å². The van der Waals surface area contributed by atoms with Gasteiger partial charge in [0.1, 0.15) is 5.75 Å². The second-order valence-electron chi connectivity index (χ2n) is 5.76. The van der Waals surface area contributed by atoms with Gasteiger partial charge in [0.25, 0.3) is 0 Å². The Balaban J connectivity index is 1.84. The number of halogens is 1. The van der Waals surface area contributed by atoms with Gasteiger partial charge in [-0.1, -0.05) is 11.6 Å². The standard InChI is InChI=1S/C16H23ClN2O2/c1-11(2)21-15-5-4-13(9-14(15)17)19-16(20)6-3-12-7-8-18-10-12/h4-5,9,11-12,18H,3,6-8,10H2,1-2H3,(H,19,20). The van der Waals surface area contributed by atoms with E-state index < -0.39 is 0 Å². The summed E-state index contributed by atoms with van der Waals surface area (Å²) < 4.78 is 5.57. The van der Waals surface area contributed by atoms with Gasteiger partial charge in [0, 0.05) is 12.1 Å². The molecule has 1 heterocycles. The van der Waals surface area contributed by atoms with Crippen molar-refractivity contribution in [3.63, 3.8) is 0 Å². The van der Waals surface area contributed by atoms with Crippen molar-refractivity contribution in [2.24, 2.45) is 5.92 Å². The zero-order valence-corrected chi connectivity index (χ0v) is 13.4. The lowest BCUT2D eigenvalue weighted by molar-refractivity contribution is -0.116. The minimum atomic E-state index is 0.0375. The molecule has 1 aromatic rings. The van der Waals surface area contributed by atoms with Gasteiger partial charge in [-0.25, -0.2) is 0 Å². The molecule has 1 aliphatic heterocycles. The fourth-order valence-electron chi connectivity index (χ4n) is 2.45. The van der Waals surface area contributed by atoms with Gasteiger partial charge in [-0.15, -0.1) is 0 Å². The molecule has 5 heteroatoms. The van der Waals surface area contributed by atoms with Crippen LogP contribution in [0.2, 0.25) is 5.02 Å². The van der Waals surface area contributed by atoms with Crippen molar-refractivity contribution >= 4 is 23.2 Å². The number of anilines is 1. The summed E-state index contributed by atoms with van der Waals surface area (Å²) in [5.41, 5.74) is 0.714. The molecule has 2 rings (SSSR count). The maximum atomic E-state index is 11.9. The topological polar surface area (TPSA) is 50.4 Å². The zero-order valence-electron chi connectivity index (χ0n) is 12.6. The second kappa shape index (κ2) is 7.66. The monoisotopic (exact) mass is 310 g/mol. The molecule has 0 bridgehead atoms. The molecular weight excluding hydrogens is 288 g/mol. The first-order chi connectivity index (χ1) is 10.0. The molecular formula is C16H23ClN2O2. The van der Waals surface area contributed by atoms with Gasteiger partial charge < -0.3 is 15.4 Å².